The molecule has 0 saturated heterocycles. The van der Waals surface area contributed by atoms with Crippen molar-refractivity contribution in [1.82, 2.24) is 34.6 Å². The first kappa shape index (κ1) is 13.7. The van der Waals surface area contributed by atoms with E-state index in [2.05, 4.69) is 25.4 Å². The highest BCUT2D eigenvalue weighted by atomic mass is 19.1. The van der Waals surface area contributed by atoms with Gasteiger partial charge in [0.15, 0.2) is 17.3 Å². The minimum atomic E-state index is -2.80. The topological polar surface area (TPSA) is 83.0 Å². The van der Waals surface area contributed by atoms with Gasteiger partial charge in [-0.3, -0.25) is 4.68 Å². The predicted molar refractivity (Wildman–Crippen MR) is 100 cm³/mol. The molecule has 0 aliphatic carbocycles. The van der Waals surface area contributed by atoms with Crippen LogP contribution in [0.2, 0.25) is 0 Å². The van der Waals surface area contributed by atoms with E-state index in [0.29, 0.717) is 10.2 Å². The fourth-order valence-corrected chi connectivity index (χ4v) is 2.67. The molecule has 0 unspecified atom stereocenters. The fraction of sp³-hybridized carbons (Fsp3) is 0.316. The molecule has 0 N–H and O–H groups in total. The van der Waals surface area contributed by atoms with Gasteiger partial charge in [-0.05, 0) is 29.7 Å². The van der Waals surface area contributed by atoms with Crippen molar-refractivity contribution in [2.45, 2.75) is 32.7 Å². The van der Waals surface area contributed by atoms with Crippen molar-refractivity contribution in [3.8, 4) is 17.3 Å². The maximum Gasteiger partial charge on any atom is 0.236 e. The van der Waals surface area contributed by atoms with Gasteiger partial charge in [-0.2, -0.15) is 9.61 Å². The molecule has 0 radical (unpaired) electrons. The zero-order chi connectivity index (χ0) is 25.1. The summed E-state index contributed by atoms with van der Waals surface area (Å²) in [7, 11) is 0. The van der Waals surface area contributed by atoms with E-state index in [9.17, 15) is 8.78 Å². The molecule has 29 heavy (non-hydrogen) atoms. The van der Waals surface area contributed by atoms with Crippen molar-refractivity contribution in [3.05, 3.63) is 53.6 Å². The van der Waals surface area contributed by atoms with Crippen LogP contribution >= 0.6 is 0 Å². The third-order valence-corrected chi connectivity index (χ3v) is 4.12. The van der Waals surface area contributed by atoms with Crippen LogP contribution in [0.1, 0.15) is 39.0 Å². The van der Waals surface area contributed by atoms with E-state index in [0.717, 1.165) is 29.0 Å². The van der Waals surface area contributed by atoms with Crippen molar-refractivity contribution in [2.24, 2.45) is 6.98 Å². The molecule has 1 aromatic carbocycles. The van der Waals surface area contributed by atoms with Gasteiger partial charge in [0.05, 0.1) is 8.30 Å². The molecule has 4 rings (SSSR count). The first-order valence-corrected chi connectivity index (χ1v) is 8.51. The SMILES string of the molecule is [2H]C([2H])(Oc1nn2c(-c3cc(F)ccc3F)nnc2cc1C(C)(C)C)c1ncnn1C([2H])([2H])[2H]. The molecular formula is C19H19F2N7O. The summed E-state index contributed by atoms with van der Waals surface area (Å²) < 4.78 is 74.7. The Morgan fingerprint density at radius 2 is 2.03 bits per heavy atom. The number of rotatable bonds is 4. The summed E-state index contributed by atoms with van der Waals surface area (Å²) >= 11 is 0. The Morgan fingerprint density at radius 1 is 1.21 bits per heavy atom. The lowest BCUT2D eigenvalue weighted by Crippen LogP contribution is -2.17. The van der Waals surface area contributed by atoms with Crippen molar-refractivity contribution in [1.29, 1.82) is 0 Å². The average molecular weight is 404 g/mol. The fourth-order valence-electron chi connectivity index (χ4n) is 2.67. The molecule has 0 saturated carbocycles. The van der Waals surface area contributed by atoms with Gasteiger partial charge in [-0.15, -0.1) is 15.3 Å². The van der Waals surface area contributed by atoms with Crippen LogP contribution in [0.15, 0.2) is 30.6 Å². The zero-order valence-corrected chi connectivity index (χ0v) is 15.7. The molecule has 4 aromatic rings. The number of nitrogens with zero attached hydrogens (tertiary/aromatic N) is 7. The average Bonchev–Trinajstić information content (AvgIpc) is 3.35. The number of hydrogen-bond acceptors (Lipinski definition) is 6. The Balaban J connectivity index is 1.89. The van der Waals surface area contributed by atoms with Gasteiger partial charge < -0.3 is 4.74 Å². The molecule has 8 nitrogen and oxygen atoms in total. The molecule has 0 aliphatic heterocycles. The smallest absolute Gasteiger partial charge is 0.236 e. The normalized spacial score (nSPS) is 15.4. The van der Waals surface area contributed by atoms with Crippen LogP contribution in [0.5, 0.6) is 5.88 Å². The van der Waals surface area contributed by atoms with Crippen molar-refractivity contribution in [3.63, 3.8) is 0 Å². The van der Waals surface area contributed by atoms with E-state index in [-0.39, 0.29) is 22.9 Å². The van der Waals surface area contributed by atoms with Crippen LogP contribution in [0.25, 0.3) is 17.0 Å². The number of aryl methyl sites for hydroxylation is 1. The second-order valence-electron chi connectivity index (χ2n) is 7.23. The molecule has 0 spiro atoms. The van der Waals surface area contributed by atoms with Crippen molar-refractivity contribution >= 4 is 5.65 Å². The molecular weight excluding hydrogens is 380 g/mol. The zero-order valence-electron chi connectivity index (χ0n) is 20.7. The van der Waals surface area contributed by atoms with Gasteiger partial charge in [0, 0.05) is 16.7 Å². The van der Waals surface area contributed by atoms with Crippen molar-refractivity contribution in [2.75, 3.05) is 0 Å². The molecule has 3 heterocycles. The lowest BCUT2D eigenvalue weighted by atomic mass is 9.88. The highest BCUT2D eigenvalue weighted by Crippen LogP contribution is 2.32. The van der Waals surface area contributed by atoms with Crippen LogP contribution in [-0.4, -0.2) is 34.6 Å². The number of ether oxygens (including phenoxy) is 1. The van der Waals surface area contributed by atoms with E-state index in [1.54, 1.807) is 0 Å². The summed E-state index contributed by atoms with van der Waals surface area (Å²) in [4.78, 5) is 3.72. The largest absolute Gasteiger partial charge is 0.468 e. The monoisotopic (exact) mass is 404 g/mol. The number of halogens is 2. The first-order chi connectivity index (χ1) is 15.7. The number of benzene rings is 1. The highest BCUT2D eigenvalue weighted by Gasteiger charge is 2.24. The molecule has 0 fully saturated rings. The molecule has 10 heteroatoms. The van der Waals surface area contributed by atoms with E-state index in [1.165, 1.54) is 6.07 Å². The van der Waals surface area contributed by atoms with E-state index in [4.69, 9.17) is 11.6 Å². The molecule has 0 atom stereocenters. The van der Waals surface area contributed by atoms with Gasteiger partial charge >= 0.3 is 0 Å². The van der Waals surface area contributed by atoms with Crippen LogP contribution in [0, 0.1) is 11.6 Å². The second-order valence-corrected chi connectivity index (χ2v) is 7.23. The van der Waals surface area contributed by atoms with Gasteiger partial charge in [-0.1, -0.05) is 20.8 Å². The van der Waals surface area contributed by atoms with Crippen molar-refractivity contribution < 1.29 is 20.4 Å². The second kappa shape index (κ2) is 6.87. The number of fused-ring (bicyclic) bond motifs is 1. The number of hydrogen-bond donors (Lipinski definition) is 0. The minimum Gasteiger partial charge on any atom is -0.468 e. The van der Waals surface area contributed by atoms with Gasteiger partial charge in [0.2, 0.25) is 5.88 Å². The summed E-state index contributed by atoms with van der Waals surface area (Å²) in [5, 5.41) is 15.8. The quantitative estimate of drug-likeness (QED) is 0.520. The highest BCUT2D eigenvalue weighted by molar-refractivity contribution is 5.60. The van der Waals surface area contributed by atoms with E-state index < -0.39 is 36.4 Å². The molecule has 0 aliphatic rings. The molecule has 0 amide bonds. The predicted octanol–water partition coefficient (Wildman–Crippen LogP) is 3.07. The Morgan fingerprint density at radius 3 is 2.79 bits per heavy atom. The maximum atomic E-state index is 14.4. The number of aromatic nitrogens is 7. The van der Waals surface area contributed by atoms with Crippen LogP contribution in [0.4, 0.5) is 8.78 Å². The Labute approximate surface area is 172 Å². The van der Waals surface area contributed by atoms with Crippen LogP contribution < -0.4 is 4.74 Å². The summed E-state index contributed by atoms with van der Waals surface area (Å²) in [6, 6.07) is 4.36. The maximum absolute atomic E-state index is 14.4. The van der Waals surface area contributed by atoms with E-state index in [1.807, 2.05) is 20.8 Å². The first-order valence-electron chi connectivity index (χ1n) is 11.0. The third kappa shape index (κ3) is 3.53. The minimum absolute atomic E-state index is 0.136. The summed E-state index contributed by atoms with van der Waals surface area (Å²) in [6.45, 7) is -0.126. The standard InChI is InChI=1S/C19H19F2N7O/c1-19(2,3)13-8-15-24-25-17(12-7-11(20)5-6-14(12)21)28(15)26-18(13)29-9-16-22-10-23-27(16)4/h5-8,10H,9H2,1-4H3/i4D3,9D2. The summed E-state index contributed by atoms with van der Waals surface area (Å²) in [5.41, 5.74) is -0.252. The van der Waals surface area contributed by atoms with Gasteiger partial charge in [-0.25, -0.2) is 13.8 Å². The Kier molecular flexibility index (Phi) is 3.25. The molecule has 150 valence electrons. The third-order valence-electron chi connectivity index (χ3n) is 4.12. The van der Waals surface area contributed by atoms with Gasteiger partial charge in [0.25, 0.3) is 0 Å². The Hall–Kier alpha value is -3.43. The van der Waals surface area contributed by atoms with Gasteiger partial charge in [0.1, 0.15) is 24.5 Å². The van der Waals surface area contributed by atoms with Crippen LogP contribution in [-0.2, 0) is 18.9 Å². The summed E-state index contributed by atoms with van der Waals surface area (Å²) in [6.07, 6.45) is 0.898. The molecule has 0 bridgehead atoms. The van der Waals surface area contributed by atoms with Crippen LogP contribution in [0.3, 0.4) is 0 Å². The lowest BCUT2D eigenvalue weighted by Gasteiger charge is -2.21. The summed E-state index contributed by atoms with van der Waals surface area (Å²) in [5.74, 6) is -2.45. The van der Waals surface area contributed by atoms with E-state index >= 15 is 0 Å². The molecule has 3 aromatic heterocycles. The Bertz CT molecular complexity index is 1380. The lowest BCUT2D eigenvalue weighted by molar-refractivity contribution is 0.266.